The van der Waals surface area contributed by atoms with E-state index >= 15 is 0 Å². The Bertz CT molecular complexity index is 940. The van der Waals surface area contributed by atoms with E-state index in [0.717, 1.165) is 25.7 Å². The average Bonchev–Trinajstić information content (AvgIpc) is 2.67. The van der Waals surface area contributed by atoms with E-state index in [4.69, 9.17) is 5.73 Å². The maximum absolute atomic E-state index is 12.5. The Morgan fingerprint density at radius 1 is 1.14 bits per heavy atom. The van der Waals surface area contributed by atoms with Crippen molar-refractivity contribution >= 4 is 22.7 Å². The number of amides is 2. The van der Waals surface area contributed by atoms with Crippen LogP contribution in [0.2, 0.25) is 0 Å². The zero-order chi connectivity index (χ0) is 19.7. The predicted molar refractivity (Wildman–Crippen MR) is 107 cm³/mol. The normalized spacial score (nSPS) is 26.6. The topological polar surface area (TPSA) is 117 Å². The van der Waals surface area contributed by atoms with Crippen LogP contribution in [-0.4, -0.2) is 35.4 Å². The minimum absolute atomic E-state index is 0.00649. The molecular weight excluding hydrogens is 356 g/mol. The number of para-hydroxylation sites is 1. The lowest BCUT2D eigenvalue weighted by Crippen LogP contribution is -2.55. The third-order valence-electron chi connectivity index (χ3n) is 6.15. The quantitative estimate of drug-likeness (QED) is 0.637. The van der Waals surface area contributed by atoms with E-state index in [9.17, 15) is 14.4 Å². The molecule has 5 N–H and O–H groups in total. The Morgan fingerprint density at radius 2 is 1.86 bits per heavy atom. The molecule has 2 fully saturated rings. The van der Waals surface area contributed by atoms with Gasteiger partial charge < -0.3 is 21.4 Å². The van der Waals surface area contributed by atoms with Gasteiger partial charge in [0.05, 0.1) is 6.54 Å². The summed E-state index contributed by atoms with van der Waals surface area (Å²) >= 11 is 0. The molecule has 1 heterocycles. The smallest absolute Gasteiger partial charge is 0.257 e. The van der Waals surface area contributed by atoms with Crippen molar-refractivity contribution in [3.63, 3.8) is 0 Å². The molecule has 2 bridgehead atoms. The lowest BCUT2D eigenvalue weighted by molar-refractivity contribution is -0.122. The van der Waals surface area contributed by atoms with E-state index in [1.807, 2.05) is 6.07 Å². The third kappa shape index (κ3) is 3.67. The molecule has 2 saturated carbocycles. The van der Waals surface area contributed by atoms with Crippen molar-refractivity contribution < 1.29 is 9.59 Å². The van der Waals surface area contributed by atoms with Crippen LogP contribution >= 0.6 is 0 Å². The molecule has 2 atom stereocenters. The number of aromatic nitrogens is 1. The highest BCUT2D eigenvalue weighted by Crippen LogP contribution is 2.39. The number of hydrogen-bond donors (Lipinski definition) is 4. The first kappa shape index (κ1) is 18.7. The molecule has 0 aliphatic heterocycles. The van der Waals surface area contributed by atoms with Gasteiger partial charge in [0, 0.05) is 29.2 Å². The summed E-state index contributed by atoms with van der Waals surface area (Å²) in [5.41, 5.74) is 6.46. The maximum atomic E-state index is 12.5. The Labute approximate surface area is 163 Å². The second-order valence-electron chi connectivity index (χ2n) is 8.04. The largest absolute Gasteiger partial charge is 0.360 e. The number of aromatic amines is 1. The molecule has 7 heteroatoms. The van der Waals surface area contributed by atoms with Crippen LogP contribution in [0.5, 0.6) is 0 Å². The molecule has 2 aliphatic carbocycles. The van der Waals surface area contributed by atoms with Crippen LogP contribution in [0.15, 0.2) is 35.3 Å². The molecule has 28 heavy (non-hydrogen) atoms. The summed E-state index contributed by atoms with van der Waals surface area (Å²) in [4.78, 5) is 40.3. The summed E-state index contributed by atoms with van der Waals surface area (Å²) in [6.07, 6.45) is 6.66. The number of fused-ring (bicyclic) bond motifs is 3. The fourth-order valence-electron chi connectivity index (χ4n) is 4.85. The number of nitrogens with two attached hydrogens (primary N) is 1. The van der Waals surface area contributed by atoms with Crippen molar-refractivity contribution in [1.82, 2.24) is 15.6 Å². The van der Waals surface area contributed by atoms with Crippen molar-refractivity contribution in [3.8, 4) is 0 Å². The van der Waals surface area contributed by atoms with Gasteiger partial charge in [-0.05, 0) is 49.7 Å². The van der Waals surface area contributed by atoms with E-state index in [2.05, 4.69) is 15.6 Å². The van der Waals surface area contributed by atoms with Gasteiger partial charge in [-0.1, -0.05) is 18.6 Å². The standard InChI is InChI=1S/C21H26N4O3/c22-14-8-12-4-3-5-13(9-14)19(12)25-18(26)11-24-21(28)16-10-23-17-7-2-1-6-15(17)20(16)27/h1-2,6-7,10,12-14,19H,3-5,8-9,11,22H2,(H,23,27)(H,24,28)(H,25,26). The number of rotatable bonds is 4. The number of H-pyrrole nitrogens is 1. The zero-order valence-corrected chi connectivity index (χ0v) is 15.7. The van der Waals surface area contributed by atoms with Gasteiger partial charge in [-0.2, -0.15) is 0 Å². The molecule has 1 aromatic carbocycles. The Kier molecular flexibility index (Phi) is 5.17. The first-order chi connectivity index (χ1) is 13.5. The van der Waals surface area contributed by atoms with Crippen LogP contribution < -0.4 is 21.8 Å². The van der Waals surface area contributed by atoms with Crippen molar-refractivity contribution in [3.05, 3.63) is 46.2 Å². The molecular formula is C21H26N4O3. The number of pyridine rings is 1. The van der Waals surface area contributed by atoms with Gasteiger partial charge in [0.1, 0.15) is 5.56 Å². The van der Waals surface area contributed by atoms with E-state index in [0.29, 0.717) is 22.7 Å². The lowest BCUT2D eigenvalue weighted by Gasteiger charge is -2.45. The van der Waals surface area contributed by atoms with Gasteiger partial charge >= 0.3 is 0 Å². The number of benzene rings is 1. The van der Waals surface area contributed by atoms with E-state index in [1.165, 1.54) is 12.6 Å². The van der Waals surface area contributed by atoms with Crippen LogP contribution in [0.3, 0.4) is 0 Å². The Hall–Kier alpha value is -2.67. The molecule has 1 aromatic heterocycles. The second-order valence-corrected chi connectivity index (χ2v) is 8.04. The average molecular weight is 382 g/mol. The molecule has 2 aromatic rings. The first-order valence-electron chi connectivity index (χ1n) is 9.96. The Morgan fingerprint density at radius 3 is 2.61 bits per heavy atom. The minimum Gasteiger partial charge on any atom is -0.360 e. The van der Waals surface area contributed by atoms with Crippen molar-refractivity contribution in [2.45, 2.75) is 44.2 Å². The second kappa shape index (κ2) is 7.75. The highest BCUT2D eigenvalue weighted by Gasteiger charge is 2.39. The molecule has 148 valence electrons. The summed E-state index contributed by atoms with van der Waals surface area (Å²) in [6, 6.07) is 7.38. The van der Waals surface area contributed by atoms with Crippen LogP contribution in [-0.2, 0) is 4.79 Å². The zero-order valence-electron chi connectivity index (χ0n) is 15.7. The van der Waals surface area contributed by atoms with Crippen LogP contribution in [0, 0.1) is 11.8 Å². The highest BCUT2D eigenvalue weighted by molar-refractivity contribution is 5.98. The number of carbonyl (C=O) groups excluding carboxylic acids is 2. The number of nitrogens with one attached hydrogen (secondary N) is 3. The predicted octanol–water partition coefficient (Wildman–Crippen LogP) is 1.28. The molecule has 7 nitrogen and oxygen atoms in total. The fraction of sp³-hybridized carbons (Fsp3) is 0.476. The molecule has 2 aliphatic rings. The highest BCUT2D eigenvalue weighted by atomic mass is 16.2. The van der Waals surface area contributed by atoms with Gasteiger partial charge in [0.15, 0.2) is 0 Å². The van der Waals surface area contributed by atoms with Crippen LogP contribution in [0.25, 0.3) is 10.9 Å². The van der Waals surface area contributed by atoms with Gasteiger partial charge in [0.25, 0.3) is 5.91 Å². The summed E-state index contributed by atoms with van der Waals surface area (Å²) < 4.78 is 0. The lowest BCUT2D eigenvalue weighted by atomic mass is 9.67. The van der Waals surface area contributed by atoms with E-state index in [1.54, 1.807) is 18.2 Å². The number of hydrogen-bond acceptors (Lipinski definition) is 4. The third-order valence-corrected chi connectivity index (χ3v) is 6.15. The summed E-state index contributed by atoms with van der Waals surface area (Å²) in [7, 11) is 0. The van der Waals surface area contributed by atoms with Crippen LogP contribution in [0.4, 0.5) is 0 Å². The summed E-state index contributed by atoms with van der Waals surface area (Å²) in [5.74, 6) is 0.0759. The number of carbonyl (C=O) groups is 2. The monoisotopic (exact) mass is 382 g/mol. The van der Waals surface area contributed by atoms with Gasteiger partial charge in [0.2, 0.25) is 11.3 Å². The van der Waals surface area contributed by atoms with Gasteiger partial charge in [-0.15, -0.1) is 0 Å². The molecule has 4 rings (SSSR count). The Balaban J connectivity index is 1.38. The van der Waals surface area contributed by atoms with Gasteiger partial charge in [-0.25, -0.2) is 0 Å². The van der Waals surface area contributed by atoms with Crippen LogP contribution in [0.1, 0.15) is 42.5 Å². The molecule has 2 amide bonds. The van der Waals surface area contributed by atoms with E-state index < -0.39 is 5.91 Å². The minimum atomic E-state index is -0.548. The SMILES string of the molecule is NC1CC2CCCC(C1)C2NC(=O)CNC(=O)c1c[nH]c2ccccc2c1=O. The van der Waals surface area contributed by atoms with Crippen molar-refractivity contribution in [2.24, 2.45) is 17.6 Å². The molecule has 0 saturated heterocycles. The van der Waals surface area contributed by atoms with Crippen molar-refractivity contribution in [1.29, 1.82) is 0 Å². The molecule has 2 unspecified atom stereocenters. The summed E-state index contributed by atoms with van der Waals surface area (Å²) in [5, 5.41) is 6.12. The van der Waals surface area contributed by atoms with E-state index in [-0.39, 0.29) is 35.5 Å². The fourth-order valence-corrected chi connectivity index (χ4v) is 4.85. The first-order valence-corrected chi connectivity index (χ1v) is 9.96. The van der Waals surface area contributed by atoms with Crippen molar-refractivity contribution in [2.75, 3.05) is 6.54 Å². The molecule has 0 radical (unpaired) electrons. The van der Waals surface area contributed by atoms with Gasteiger partial charge in [-0.3, -0.25) is 14.4 Å². The maximum Gasteiger partial charge on any atom is 0.257 e. The molecule has 0 spiro atoms. The summed E-state index contributed by atoms with van der Waals surface area (Å²) in [6.45, 7) is -0.146.